The third-order valence-corrected chi connectivity index (χ3v) is 3.79. The summed E-state index contributed by atoms with van der Waals surface area (Å²) in [7, 11) is 0. The molecule has 0 bridgehead atoms. The van der Waals surface area contributed by atoms with Crippen LogP contribution in [0.15, 0.2) is 28.8 Å². The van der Waals surface area contributed by atoms with Crippen molar-refractivity contribution < 1.29 is 9.32 Å². The first-order chi connectivity index (χ1) is 11.5. The number of benzene rings is 1. The summed E-state index contributed by atoms with van der Waals surface area (Å²) >= 11 is 0. The molecule has 0 fully saturated rings. The lowest BCUT2D eigenvalue weighted by molar-refractivity contribution is -0.121. The molecule has 0 radical (unpaired) electrons. The molecule has 0 aliphatic carbocycles. The molecule has 1 amide bonds. The van der Waals surface area contributed by atoms with Crippen LogP contribution in [0.5, 0.6) is 0 Å². The van der Waals surface area contributed by atoms with E-state index in [-0.39, 0.29) is 11.9 Å². The number of aryl methyl sites for hydroxylation is 1. The van der Waals surface area contributed by atoms with E-state index in [4.69, 9.17) is 10.3 Å². The molecular weight excluding hydrogens is 304 g/mol. The van der Waals surface area contributed by atoms with Crippen LogP contribution in [-0.2, 0) is 11.2 Å². The number of hydrogen-bond acceptors (Lipinski definition) is 5. The van der Waals surface area contributed by atoms with Gasteiger partial charge in [-0.2, -0.15) is 4.98 Å². The highest BCUT2D eigenvalue weighted by atomic mass is 16.5. The number of hydrogen-bond donors (Lipinski definition) is 2. The van der Waals surface area contributed by atoms with Gasteiger partial charge < -0.3 is 15.6 Å². The Morgan fingerprint density at radius 1 is 1.25 bits per heavy atom. The van der Waals surface area contributed by atoms with E-state index in [2.05, 4.69) is 41.4 Å². The van der Waals surface area contributed by atoms with Gasteiger partial charge in [-0.05, 0) is 24.8 Å². The van der Waals surface area contributed by atoms with Gasteiger partial charge in [-0.3, -0.25) is 4.79 Å². The summed E-state index contributed by atoms with van der Waals surface area (Å²) in [4.78, 5) is 16.1. The van der Waals surface area contributed by atoms with E-state index in [0.717, 1.165) is 12.0 Å². The number of carbonyl (C=O) groups excluding carboxylic acids is 1. The Kier molecular flexibility index (Phi) is 6.49. The second-order valence-corrected chi connectivity index (χ2v) is 6.40. The van der Waals surface area contributed by atoms with Gasteiger partial charge in [-0.1, -0.05) is 43.3 Å². The molecular formula is C18H26N4O2. The van der Waals surface area contributed by atoms with Crippen molar-refractivity contribution in [3.63, 3.8) is 0 Å². The molecule has 1 aromatic carbocycles. The van der Waals surface area contributed by atoms with Crippen LogP contribution in [0.2, 0.25) is 0 Å². The normalized spacial score (nSPS) is 12.4. The van der Waals surface area contributed by atoms with E-state index in [1.54, 1.807) is 0 Å². The molecule has 2 aromatic rings. The van der Waals surface area contributed by atoms with Crippen LogP contribution in [0.3, 0.4) is 0 Å². The summed E-state index contributed by atoms with van der Waals surface area (Å²) in [6, 6.07) is 8.21. The molecule has 130 valence electrons. The van der Waals surface area contributed by atoms with Gasteiger partial charge in [0, 0.05) is 31.0 Å². The Hall–Kier alpha value is -2.21. The molecule has 0 aliphatic rings. The first-order valence-electron chi connectivity index (χ1n) is 8.41. The molecule has 1 aromatic heterocycles. The zero-order chi connectivity index (χ0) is 17.5. The van der Waals surface area contributed by atoms with Gasteiger partial charge in [0.15, 0.2) is 0 Å². The van der Waals surface area contributed by atoms with E-state index < -0.39 is 0 Å². The smallest absolute Gasteiger partial charge is 0.227 e. The number of nitrogens with zero attached hydrogens (tertiary/aromatic N) is 2. The SMILES string of the molecule is CC(N)CCNC(=O)CCc1nc(-c2ccc(C(C)C)cc2)no1. The second kappa shape index (κ2) is 8.59. The minimum atomic E-state index is -0.0308. The first-order valence-corrected chi connectivity index (χ1v) is 8.41. The quantitative estimate of drug-likeness (QED) is 0.776. The molecule has 0 spiro atoms. The van der Waals surface area contributed by atoms with Crippen molar-refractivity contribution in [2.24, 2.45) is 5.73 Å². The zero-order valence-corrected chi connectivity index (χ0v) is 14.6. The van der Waals surface area contributed by atoms with Crippen molar-refractivity contribution in [1.29, 1.82) is 0 Å². The highest BCUT2D eigenvalue weighted by Gasteiger charge is 2.11. The molecule has 0 saturated carbocycles. The monoisotopic (exact) mass is 330 g/mol. The fraction of sp³-hybridized carbons (Fsp3) is 0.500. The number of rotatable bonds is 8. The average molecular weight is 330 g/mol. The lowest BCUT2D eigenvalue weighted by Crippen LogP contribution is -2.29. The van der Waals surface area contributed by atoms with Crippen molar-refractivity contribution >= 4 is 5.91 Å². The average Bonchev–Trinajstić information content (AvgIpc) is 3.01. The summed E-state index contributed by atoms with van der Waals surface area (Å²) in [6.07, 6.45) is 1.52. The predicted molar refractivity (Wildman–Crippen MR) is 93.4 cm³/mol. The Morgan fingerprint density at radius 2 is 1.96 bits per heavy atom. The molecule has 1 heterocycles. The largest absolute Gasteiger partial charge is 0.356 e. The number of amides is 1. The molecule has 2 rings (SSSR count). The van der Waals surface area contributed by atoms with E-state index in [9.17, 15) is 4.79 Å². The van der Waals surface area contributed by atoms with Gasteiger partial charge in [0.1, 0.15) is 0 Å². The van der Waals surface area contributed by atoms with Gasteiger partial charge in [-0.25, -0.2) is 0 Å². The third kappa shape index (κ3) is 5.45. The van der Waals surface area contributed by atoms with Crippen molar-refractivity contribution in [1.82, 2.24) is 15.5 Å². The van der Waals surface area contributed by atoms with Crippen LogP contribution in [0.25, 0.3) is 11.4 Å². The number of carbonyl (C=O) groups is 1. The van der Waals surface area contributed by atoms with E-state index in [1.165, 1.54) is 5.56 Å². The third-order valence-electron chi connectivity index (χ3n) is 3.79. The van der Waals surface area contributed by atoms with Gasteiger partial charge >= 0.3 is 0 Å². The molecule has 24 heavy (non-hydrogen) atoms. The van der Waals surface area contributed by atoms with Crippen LogP contribution in [-0.4, -0.2) is 28.6 Å². The Balaban J connectivity index is 1.85. The van der Waals surface area contributed by atoms with E-state index in [1.807, 2.05) is 19.1 Å². The maximum Gasteiger partial charge on any atom is 0.227 e. The maximum absolute atomic E-state index is 11.7. The first kappa shape index (κ1) is 18.1. The van der Waals surface area contributed by atoms with Crippen LogP contribution in [0.4, 0.5) is 0 Å². The van der Waals surface area contributed by atoms with Gasteiger partial charge in [0.05, 0.1) is 0 Å². The molecule has 0 aliphatic heterocycles. The summed E-state index contributed by atoms with van der Waals surface area (Å²) in [6.45, 7) is 6.81. The van der Waals surface area contributed by atoms with Crippen molar-refractivity contribution in [3.8, 4) is 11.4 Å². The predicted octanol–water partition coefficient (Wildman–Crippen LogP) is 2.65. The molecule has 3 N–H and O–H groups in total. The topological polar surface area (TPSA) is 94.0 Å². The van der Waals surface area contributed by atoms with Crippen LogP contribution < -0.4 is 11.1 Å². The minimum absolute atomic E-state index is 0.0308. The van der Waals surface area contributed by atoms with Gasteiger partial charge in [-0.15, -0.1) is 0 Å². The van der Waals surface area contributed by atoms with Gasteiger partial charge in [0.2, 0.25) is 17.6 Å². The minimum Gasteiger partial charge on any atom is -0.356 e. The fourth-order valence-corrected chi connectivity index (χ4v) is 2.24. The summed E-state index contributed by atoms with van der Waals surface area (Å²) in [5, 5.41) is 6.82. The van der Waals surface area contributed by atoms with Crippen molar-refractivity contribution in [3.05, 3.63) is 35.7 Å². The Bertz CT molecular complexity index is 647. The van der Waals surface area contributed by atoms with Crippen molar-refractivity contribution in [2.45, 2.75) is 52.0 Å². The number of nitrogens with one attached hydrogen (secondary N) is 1. The van der Waals surface area contributed by atoms with E-state index in [0.29, 0.717) is 37.0 Å². The van der Waals surface area contributed by atoms with Crippen LogP contribution in [0, 0.1) is 0 Å². The summed E-state index contributed by atoms with van der Waals surface area (Å²) in [5.74, 6) is 1.48. The summed E-state index contributed by atoms with van der Waals surface area (Å²) in [5.41, 5.74) is 7.83. The summed E-state index contributed by atoms with van der Waals surface area (Å²) < 4.78 is 5.23. The highest BCUT2D eigenvalue weighted by molar-refractivity contribution is 5.76. The lowest BCUT2D eigenvalue weighted by Gasteiger charge is -2.06. The molecule has 0 saturated heterocycles. The maximum atomic E-state index is 11.7. The van der Waals surface area contributed by atoms with Gasteiger partial charge in [0.25, 0.3) is 0 Å². The molecule has 6 heteroatoms. The number of aromatic nitrogens is 2. The number of nitrogens with two attached hydrogens (primary N) is 1. The van der Waals surface area contributed by atoms with Crippen LogP contribution in [0.1, 0.15) is 51.0 Å². The lowest BCUT2D eigenvalue weighted by atomic mass is 10.0. The fourth-order valence-electron chi connectivity index (χ4n) is 2.24. The molecule has 1 atom stereocenters. The van der Waals surface area contributed by atoms with E-state index >= 15 is 0 Å². The molecule has 1 unspecified atom stereocenters. The van der Waals surface area contributed by atoms with Crippen molar-refractivity contribution in [2.75, 3.05) is 6.54 Å². The molecule has 6 nitrogen and oxygen atoms in total. The standard InChI is InChI=1S/C18H26N4O2/c1-12(2)14-4-6-15(7-5-14)18-21-17(24-22-18)9-8-16(23)20-11-10-13(3)19/h4-7,12-13H,8-11,19H2,1-3H3,(H,20,23). The zero-order valence-electron chi connectivity index (χ0n) is 14.6. The highest BCUT2D eigenvalue weighted by Crippen LogP contribution is 2.20. The second-order valence-electron chi connectivity index (χ2n) is 6.40. The Morgan fingerprint density at radius 3 is 2.58 bits per heavy atom. The van der Waals surface area contributed by atoms with Crippen LogP contribution >= 0.6 is 0 Å². The Labute approximate surface area is 142 Å².